The maximum absolute atomic E-state index is 12.8. The van der Waals surface area contributed by atoms with Crippen molar-refractivity contribution in [1.29, 1.82) is 0 Å². The minimum Gasteiger partial charge on any atom is -0.496 e. The number of benzene rings is 2. The van der Waals surface area contributed by atoms with Gasteiger partial charge >= 0.3 is 0 Å². The van der Waals surface area contributed by atoms with Crippen molar-refractivity contribution in [3.05, 3.63) is 57.6 Å². The fourth-order valence-corrected chi connectivity index (χ4v) is 4.73. The third-order valence-electron chi connectivity index (χ3n) is 5.20. The number of nitrogens with zero attached hydrogens (tertiary/aromatic N) is 1. The number of halogens is 1. The summed E-state index contributed by atoms with van der Waals surface area (Å²) in [7, 11) is -2.03. The van der Waals surface area contributed by atoms with E-state index in [1.54, 1.807) is 32.2 Å². The number of sulfonamides is 1. The van der Waals surface area contributed by atoms with Crippen LogP contribution in [0.1, 0.15) is 55.0 Å². The van der Waals surface area contributed by atoms with E-state index in [1.807, 2.05) is 26.0 Å². The van der Waals surface area contributed by atoms with Crippen molar-refractivity contribution >= 4 is 33.2 Å². The van der Waals surface area contributed by atoms with Crippen LogP contribution in [0.3, 0.4) is 0 Å². The van der Waals surface area contributed by atoms with Crippen LogP contribution in [0, 0.1) is 13.8 Å². The Hall–Kier alpha value is -2.25. The van der Waals surface area contributed by atoms with Crippen molar-refractivity contribution in [2.75, 3.05) is 24.2 Å². The molecule has 0 saturated carbocycles. The minimum absolute atomic E-state index is 0.255. The highest BCUT2D eigenvalue weighted by atomic mass is 35.5. The highest BCUT2D eigenvalue weighted by molar-refractivity contribution is 7.92. The standard InChI is InChI=1S/C23H31ClN2O4S/c1-14(2)19-12-20(15(3)11-22(19)30-6)17(5)25-23(27)13-26(31(7,28)29)21-9-8-18(24)10-16(21)4/h8-12,14,17H,13H2,1-7H3,(H,25,27). The van der Waals surface area contributed by atoms with Gasteiger partial charge in [0.25, 0.3) is 0 Å². The average molecular weight is 467 g/mol. The number of rotatable bonds is 8. The van der Waals surface area contributed by atoms with Gasteiger partial charge in [-0.2, -0.15) is 0 Å². The van der Waals surface area contributed by atoms with Gasteiger partial charge in [0, 0.05) is 5.02 Å². The maximum atomic E-state index is 12.8. The molecule has 6 nitrogen and oxygen atoms in total. The van der Waals surface area contributed by atoms with Crippen LogP contribution >= 0.6 is 11.6 Å². The zero-order chi connectivity index (χ0) is 23.5. The van der Waals surface area contributed by atoms with Crippen LogP contribution in [0.2, 0.25) is 5.02 Å². The number of amides is 1. The molecular weight excluding hydrogens is 436 g/mol. The number of aryl methyl sites for hydroxylation is 2. The van der Waals surface area contributed by atoms with Gasteiger partial charge in [-0.1, -0.05) is 25.4 Å². The van der Waals surface area contributed by atoms with Crippen molar-refractivity contribution in [3.63, 3.8) is 0 Å². The Balaban J connectivity index is 2.28. The number of carbonyl (C=O) groups is 1. The third-order valence-corrected chi connectivity index (χ3v) is 6.56. The minimum atomic E-state index is -3.67. The summed E-state index contributed by atoms with van der Waals surface area (Å²) in [5.74, 6) is 0.677. The molecule has 170 valence electrons. The highest BCUT2D eigenvalue weighted by Crippen LogP contribution is 2.32. The first-order chi connectivity index (χ1) is 14.3. The van der Waals surface area contributed by atoms with Crippen LogP contribution in [0.4, 0.5) is 5.69 Å². The summed E-state index contributed by atoms with van der Waals surface area (Å²) in [6, 6.07) is 8.59. The number of anilines is 1. The predicted octanol–water partition coefficient (Wildman–Crippen LogP) is 4.73. The third kappa shape index (κ3) is 6.14. The lowest BCUT2D eigenvalue weighted by molar-refractivity contribution is -0.120. The Labute approximate surface area is 190 Å². The van der Waals surface area contributed by atoms with Gasteiger partial charge in [0.2, 0.25) is 15.9 Å². The number of nitrogens with one attached hydrogen (secondary N) is 1. The quantitative estimate of drug-likeness (QED) is 0.610. The molecule has 0 aliphatic heterocycles. The normalized spacial score (nSPS) is 12.5. The summed E-state index contributed by atoms with van der Waals surface area (Å²) in [6.45, 7) is 9.45. The summed E-state index contributed by atoms with van der Waals surface area (Å²) in [5, 5.41) is 3.44. The van der Waals surface area contributed by atoms with Crippen molar-refractivity contribution in [2.24, 2.45) is 0 Å². The summed E-state index contributed by atoms with van der Waals surface area (Å²) in [6.07, 6.45) is 1.08. The number of methoxy groups -OCH3 is 1. The van der Waals surface area contributed by atoms with Crippen LogP contribution in [-0.4, -0.2) is 34.2 Å². The van der Waals surface area contributed by atoms with E-state index < -0.39 is 15.9 Å². The van der Waals surface area contributed by atoms with E-state index in [0.717, 1.165) is 33.0 Å². The topological polar surface area (TPSA) is 75.7 Å². The summed E-state index contributed by atoms with van der Waals surface area (Å²) < 4.78 is 31.4. The molecule has 0 radical (unpaired) electrons. The van der Waals surface area contributed by atoms with Gasteiger partial charge < -0.3 is 10.1 Å². The monoisotopic (exact) mass is 466 g/mol. The Kier molecular flexibility index (Phi) is 8.00. The van der Waals surface area contributed by atoms with Crippen LogP contribution in [-0.2, 0) is 14.8 Å². The highest BCUT2D eigenvalue weighted by Gasteiger charge is 2.24. The van der Waals surface area contributed by atoms with E-state index in [1.165, 1.54) is 0 Å². The molecule has 1 unspecified atom stereocenters. The largest absolute Gasteiger partial charge is 0.496 e. The van der Waals surface area contributed by atoms with Crippen LogP contribution in [0.25, 0.3) is 0 Å². The first-order valence-corrected chi connectivity index (χ1v) is 12.3. The van der Waals surface area contributed by atoms with Gasteiger partial charge in [0.05, 0.1) is 25.1 Å². The summed E-state index contributed by atoms with van der Waals surface area (Å²) in [5.41, 5.74) is 4.11. The number of ether oxygens (including phenoxy) is 1. The van der Waals surface area contributed by atoms with E-state index in [-0.39, 0.29) is 18.5 Å². The summed E-state index contributed by atoms with van der Waals surface area (Å²) in [4.78, 5) is 12.8. The van der Waals surface area contributed by atoms with Crippen LogP contribution in [0.5, 0.6) is 5.75 Å². The molecule has 2 aromatic rings. The molecule has 0 heterocycles. The first kappa shape index (κ1) is 25.0. The SMILES string of the molecule is COc1cc(C)c(C(C)NC(=O)CN(c2ccc(Cl)cc2C)S(C)(=O)=O)cc1C(C)C. The summed E-state index contributed by atoms with van der Waals surface area (Å²) >= 11 is 5.99. The Morgan fingerprint density at radius 2 is 1.74 bits per heavy atom. The van der Waals surface area contributed by atoms with Gasteiger partial charge in [-0.05, 0) is 79.3 Å². The lowest BCUT2D eigenvalue weighted by Crippen LogP contribution is -2.41. The Bertz CT molecular complexity index is 1070. The van der Waals surface area contributed by atoms with Gasteiger partial charge in [-0.15, -0.1) is 0 Å². The lowest BCUT2D eigenvalue weighted by atomic mass is 9.93. The predicted molar refractivity (Wildman–Crippen MR) is 127 cm³/mol. The Morgan fingerprint density at radius 3 is 2.26 bits per heavy atom. The molecule has 2 aromatic carbocycles. The molecule has 8 heteroatoms. The molecule has 1 N–H and O–H groups in total. The fraction of sp³-hybridized carbons (Fsp3) is 0.435. The molecule has 0 aromatic heterocycles. The number of carbonyl (C=O) groups excluding carboxylic acids is 1. The molecule has 0 saturated heterocycles. The van der Waals surface area contributed by atoms with E-state index in [2.05, 4.69) is 19.2 Å². The number of hydrogen-bond donors (Lipinski definition) is 1. The van der Waals surface area contributed by atoms with E-state index in [4.69, 9.17) is 16.3 Å². The van der Waals surface area contributed by atoms with Crippen LogP contribution < -0.4 is 14.4 Å². The van der Waals surface area contributed by atoms with Gasteiger partial charge in [0.15, 0.2) is 0 Å². The van der Waals surface area contributed by atoms with E-state index in [9.17, 15) is 13.2 Å². The molecule has 2 rings (SSSR count). The molecule has 0 bridgehead atoms. The molecule has 0 aliphatic rings. The fourth-order valence-electron chi connectivity index (χ4n) is 3.59. The smallest absolute Gasteiger partial charge is 0.241 e. The Morgan fingerprint density at radius 1 is 1.10 bits per heavy atom. The van der Waals surface area contributed by atoms with Gasteiger partial charge in [-0.25, -0.2) is 8.42 Å². The molecule has 1 atom stereocenters. The van der Waals surface area contributed by atoms with Crippen LogP contribution in [0.15, 0.2) is 30.3 Å². The van der Waals surface area contributed by atoms with E-state index >= 15 is 0 Å². The molecule has 0 fully saturated rings. The second kappa shape index (κ2) is 9.92. The second-order valence-corrected chi connectivity index (χ2v) is 10.4. The number of hydrogen-bond acceptors (Lipinski definition) is 4. The molecule has 31 heavy (non-hydrogen) atoms. The molecule has 0 aliphatic carbocycles. The van der Waals surface area contributed by atoms with Crippen molar-refractivity contribution in [3.8, 4) is 5.75 Å². The van der Waals surface area contributed by atoms with Crippen molar-refractivity contribution in [2.45, 2.75) is 46.6 Å². The average Bonchev–Trinajstić information content (AvgIpc) is 2.65. The molecule has 0 spiro atoms. The van der Waals surface area contributed by atoms with Gasteiger partial charge in [-0.3, -0.25) is 9.10 Å². The zero-order valence-corrected chi connectivity index (χ0v) is 20.7. The maximum Gasteiger partial charge on any atom is 0.241 e. The lowest BCUT2D eigenvalue weighted by Gasteiger charge is -2.25. The van der Waals surface area contributed by atoms with E-state index in [0.29, 0.717) is 16.3 Å². The van der Waals surface area contributed by atoms with Crippen molar-refractivity contribution in [1.82, 2.24) is 5.32 Å². The zero-order valence-electron chi connectivity index (χ0n) is 19.1. The van der Waals surface area contributed by atoms with Gasteiger partial charge in [0.1, 0.15) is 12.3 Å². The van der Waals surface area contributed by atoms with Crippen molar-refractivity contribution < 1.29 is 17.9 Å². The molecular formula is C23H31ClN2O4S. The first-order valence-electron chi connectivity index (χ1n) is 10.1. The second-order valence-electron chi connectivity index (χ2n) is 8.10. The molecule has 1 amide bonds.